The molecule has 2 bridgehead atoms. The van der Waals surface area contributed by atoms with E-state index in [4.69, 9.17) is 0 Å². The van der Waals surface area contributed by atoms with E-state index in [1.807, 2.05) is 13.8 Å². The number of carbonyl (C=O) groups excluding carboxylic acids is 1. The minimum atomic E-state index is -0.191. The number of amides is 1. The SMILES string of the molecule is CC(C)C(S)C(=O)NC1C2(C)CCC(C2)C1(C)C. The molecular formula is C15H27NOS. The van der Waals surface area contributed by atoms with Crippen LogP contribution in [-0.4, -0.2) is 17.2 Å². The first-order valence-electron chi connectivity index (χ1n) is 7.17. The smallest absolute Gasteiger partial charge is 0.233 e. The number of nitrogens with one attached hydrogen (secondary N) is 1. The van der Waals surface area contributed by atoms with E-state index in [0.29, 0.717) is 11.5 Å². The predicted molar refractivity (Wildman–Crippen MR) is 78.8 cm³/mol. The van der Waals surface area contributed by atoms with Crippen molar-refractivity contribution in [1.29, 1.82) is 0 Å². The molecule has 2 rings (SSSR count). The highest BCUT2D eigenvalue weighted by Crippen LogP contribution is 2.62. The van der Waals surface area contributed by atoms with E-state index in [9.17, 15) is 4.79 Å². The molecule has 3 heteroatoms. The molecule has 0 aromatic carbocycles. The Morgan fingerprint density at radius 2 is 1.94 bits per heavy atom. The van der Waals surface area contributed by atoms with Gasteiger partial charge in [0, 0.05) is 6.04 Å². The lowest BCUT2D eigenvalue weighted by Crippen LogP contribution is -2.54. The van der Waals surface area contributed by atoms with Crippen molar-refractivity contribution < 1.29 is 4.79 Å². The van der Waals surface area contributed by atoms with Crippen LogP contribution in [0.5, 0.6) is 0 Å². The summed E-state index contributed by atoms with van der Waals surface area (Å²) in [7, 11) is 0. The van der Waals surface area contributed by atoms with Gasteiger partial charge in [-0.1, -0.05) is 34.6 Å². The Labute approximate surface area is 117 Å². The Bertz CT molecular complexity index is 348. The fraction of sp³-hybridized carbons (Fsp3) is 0.933. The highest BCUT2D eigenvalue weighted by atomic mass is 32.1. The third kappa shape index (κ3) is 2.09. The Balaban J connectivity index is 2.12. The molecular weight excluding hydrogens is 242 g/mol. The van der Waals surface area contributed by atoms with Crippen LogP contribution < -0.4 is 5.32 Å². The van der Waals surface area contributed by atoms with Crippen molar-refractivity contribution in [3.63, 3.8) is 0 Å². The summed E-state index contributed by atoms with van der Waals surface area (Å²) in [5.41, 5.74) is 0.529. The van der Waals surface area contributed by atoms with Crippen molar-refractivity contribution in [2.45, 2.75) is 65.2 Å². The molecule has 2 fully saturated rings. The van der Waals surface area contributed by atoms with Crippen molar-refractivity contribution >= 4 is 18.5 Å². The first-order chi connectivity index (χ1) is 8.18. The summed E-state index contributed by atoms with van der Waals surface area (Å²) in [5, 5.41) is 3.12. The number of hydrogen-bond acceptors (Lipinski definition) is 2. The maximum absolute atomic E-state index is 12.3. The summed E-state index contributed by atoms with van der Waals surface area (Å²) < 4.78 is 0. The first-order valence-corrected chi connectivity index (χ1v) is 7.68. The van der Waals surface area contributed by atoms with Crippen molar-refractivity contribution in [3.8, 4) is 0 Å². The highest BCUT2D eigenvalue weighted by molar-refractivity contribution is 7.81. The van der Waals surface area contributed by atoms with Gasteiger partial charge in [0.1, 0.15) is 0 Å². The lowest BCUT2D eigenvalue weighted by atomic mass is 9.68. The molecule has 2 nitrogen and oxygen atoms in total. The molecule has 4 atom stereocenters. The molecule has 1 N–H and O–H groups in total. The van der Waals surface area contributed by atoms with Crippen molar-refractivity contribution in [2.24, 2.45) is 22.7 Å². The van der Waals surface area contributed by atoms with Crippen molar-refractivity contribution in [2.75, 3.05) is 0 Å². The summed E-state index contributed by atoms with van der Waals surface area (Å²) in [5.74, 6) is 1.16. The number of carbonyl (C=O) groups is 1. The molecule has 2 saturated carbocycles. The zero-order valence-corrected chi connectivity index (χ0v) is 13.2. The maximum atomic E-state index is 12.3. The van der Waals surface area contributed by atoms with Gasteiger partial charge in [-0.3, -0.25) is 4.79 Å². The average Bonchev–Trinajstić information content (AvgIpc) is 2.74. The molecule has 0 saturated heterocycles. The molecule has 0 aromatic heterocycles. The molecule has 0 aliphatic heterocycles. The van der Waals surface area contributed by atoms with E-state index in [1.165, 1.54) is 19.3 Å². The van der Waals surface area contributed by atoms with Crippen LogP contribution in [0.1, 0.15) is 53.9 Å². The third-order valence-electron chi connectivity index (χ3n) is 5.46. The van der Waals surface area contributed by atoms with Crippen molar-refractivity contribution in [1.82, 2.24) is 5.32 Å². The van der Waals surface area contributed by atoms with Gasteiger partial charge in [-0.15, -0.1) is 0 Å². The van der Waals surface area contributed by atoms with Crippen LogP contribution >= 0.6 is 12.6 Å². The zero-order valence-electron chi connectivity index (χ0n) is 12.3. The largest absolute Gasteiger partial charge is 0.351 e. The fourth-order valence-corrected chi connectivity index (χ4v) is 4.27. The van der Waals surface area contributed by atoms with Gasteiger partial charge in [0.2, 0.25) is 5.91 Å². The monoisotopic (exact) mass is 269 g/mol. The molecule has 0 heterocycles. The first kappa shape index (κ1) is 14.2. The van der Waals surface area contributed by atoms with Gasteiger partial charge in [-0.2, -0.15) is 12.6 Å². The second-order valence-corrected chi connectivity index (χ2v) is 8.10. The van der Waals surface area contributed by atoms with E-state index in [2.05, 4.69) is 38.7 Å². The molecule has 2 aliphatic carbocycles. The Morgan fingerprint density at radius 3 is 2.39 bits per heavy atom. The molecule has 0 radical (unpaired) electrons. The maximum Gasteiger partial charge on any atom is 0.233 e. The van der Waals surface area contributed by atoms with Crippen molar-refractivity contribution in [3.05, 3.63) is 0 Å². The Kier molecular flexibility index (Phi) is 3.50. The van der Waals surface area contributed by atoms with Crippen LogP contribution in [0.25, 0.3) is 0 Å². The van der Waals surface area contributed by atoms with Gasteiger partial charge in [0.25, 0.3) is 0 Å². The lowest BCUT2D eigenvalue weighted by molar-refractivity contribution is -0.123. The second kappa shape index (κ2) is 4.43. The third-order valence-corrected chi connectivity index (χ3v) is 6.29. The number of hydrogen-bond donors (Lipinski definition) is 2. The molecule has 0 spiro atoms. The summed E-state index contributed by atoms with van der Waals surface area (Å²) in [6.45, 7) is 11.1. The van der Waals surface area contributed by atoms with Crippen LogP contribution in [0.4, 0.5) is 0 Å². The molecule has 1 amide bonds. The lowest BCUT2D eigenvalue weighted by Gasteiger charge is -2.43. The van der Waals surface area contributed by atoms with Gasteiger partial charge >= 0.3 is 0 Å². The summed E-state index contributed by atoms with van der Waals surface area (Å²) in [6.07, 6.45) is 3.85. The van der Waals surface area contributed by atoms with Gasteiger partial charge in [-0.05, 0) is 41.9 Å². The molecule has 104 valence electrons. The van der Waals surface area contributed by atoms with Gasteiger partial charge in [-0.25, -0.2) is 0 Å². The van der Waals surface area contributed by atoms with Crippen LogP contribution in [-0.2, 0) is 4.79 Å². The highest BCUT2D eigenvalue weighted by Gasteiger charge is 2.59. The summed E-state index contributed by atoms with van der Waals surface area (Å²) >= 11 is 4.43. The predicted octanol–water partition coefficient (Wildman–Crippen LogP) is 3.27. The van der Waals surface area contributed by atoms with Gasteiger partial charge in [0.05, 0.1) is 5.25 Å². The van der Waals surface area contributed by atoms with E-state index >= 15 is 0 Å². The normalized spacial score (nSPS) is 39.1. The summed E-state index contributed by atoms with van der Waals surface area (Å²) in [4.78, 5) is 12.3. The van der Waals surface area contributed by atoms with Crippen LogP contribution in [0.2, 0.25) is 0 Å². The Hall–Kier alpha value is -0.180. The quantitative estimate of drug-likeness (QED) is 0.757. The van der Waals surface area contributed by atoms with Crippen LogP contribution in [0.15, 0.2) is 0 Å². The van der Waals surface area contributed by atoms with Gasteiger partial charge < -0.3 is 5.32 Å². The van der Waals surface area contributed by atoms with Gasteiger partial charge in [0.15, 0.2) is 0 Å². The number of thiol groups is 1. The molecule has 2 aliphatic rings. The van der Waals surface area contributed by atoms with Crippen LogP contribution in [0.3, 0.4) is 0 Å². The van der Waals surface area contributed by atoms with Crippen LogP contribution in [0, 0.1) is 22.7 Å². The average molecular weight is 269 g/mol. The number of rotatable bonds is 3. The minimum absolute atomic E-state index is 0.111. The van der Waals surface area contributed by atoms with E-state index in [-0.39, 0.29) is 22.5 Å². The standard InChI is InChI=1S/C15H27NOS/c1-9(2)11(18)12(17)16-13-14(3,4)10-6-7-15(13,5)8-10/h9-11,13,18H,6-8H2,1-5H3,(H,16,17). The molecule has 18 heavy (non-hydrogen) atoms. The zero-order chi connectivity index (χ0) is 13.7. The summed E-state index contributed by atoms with van der Waals surface area (Å²) in [6, 6.07) is 0.310. The second-order valence-electron chi connectivity index (χ2n) is 7.55. The minimum Gasteiger partial charge on any atom is -0.351 e. The molecule has 4 unspecified atom stereocenters. The van der Waals surface area contributed by atoms with E-state index in [0.717, 1.165) is 5.92 Å². The topological polar surface area (TPSA) is 29.1 Å². The van der Waals surface area contributed by atoms with E-state index < -0.39 is 0 Å². The fourth-order valence-electron chi connectivity index (χ4n) is 4.19. The van der Waals surface area contributed by atoms with E-state index in [1.54, 1.807) is 0 Å². The molecule has 0 aromatic rings. The Morgan fingerprint density at radius 1 is 1.33 bits per heavy atom. The number of fused-ring (bicyclic) bond motifs is 2.